The summed E-state index contributed by atoms with van der Waals surface area (Å²) in [5, 5.41) is 78.9. The summed E-state index contributed by atoms with van der Waals surface area (Å²) in [6.07, 6.45) is -15.6. The van der Waals surface area contributed by atoms with E-state index in [1.165, 1.54) is 112 Å². The van der Waals surface area contributed by atoms with Crippen LogP contribution in [0.1, 0.15) is 147 Å². The molecule has 0 aromatic heterocycles. The molecule has 6 amide bonds. The number of hydrogen-bond donors (Lipinski definition) is 8. The van der Waals surface area contributed by atoms with Crippen molar-refractivity contribution in [3.63, 3.8) is 0 Å². The Hall–Kier alpha value is -5.62. The molecular formula is C56H100N6O22. The number of rotatable bonds is 43. The van der Waals surface area contributed by atoms with Crippen LogP contribution in [-0.2, 0) is 66.9 Å². The summed E-state index contributed by atoms with van der Waals surface area (Å²) in [5.74, 6) is -6.89. The maximum Gasteiger partial charge on any atom is 0.306 e. The van der Waals surface area contributed by atoms with Gasteiger partial charge in [-0.25, -0.2) is 0 Å². The average Bonchev–Trinajstić information content (AvgIpc) is 3.56. The lowest BCUT2D eigenvalue weighted by molar-refractivity contribution is -0.157. The summed E-state index contributed by atoms with van der Waals surface area (Å²) in [6, 6.07) is 0. The van der Waals surface area contributed by atoms with Crippen LogP contribution in [0.15, 0.2) is 0 Å². The van der Waals surface area contributed by atoms with E-state index in [0.717, 1.165) is 0 Å². The zero-order valence-electron chi connectivity index (χ0n) is 51.5. The third-order valence-corrected chi connectivity index (χ3v) is 12.0. The van der Waals surface area contributed by atoms with Crippen LogP contribution in [-0.4, -0.2) is 281 Å². The van der Waals surface area contributed by atoms with E-state index >= 15 is 0 Å². The minimum Gasteiger partial charge on any atom is -0.461 e. The molecule has 0 rings (SSSR count). The van der Waals surface area contributed by atoms with Crippen molar-refractivity contribution in [3.8, 4) is 0 Å². The van der Waals surface area contributed by atoms with Gasteiger partial charge in [0.2, 0.25) is 35.4 Å². The molecule has 0 saturated carbocycles. The van der Waals surface area contributed by atoms with Gasteiger partial charge in [0.05, 0.1) is 101 Å². The number of esters is 4. The summed E-state index contributed by atoms with van der Waals surface area (Å²) < 4.78 is 22.2. The molecule has 0 spiro atoms. The van der Waals surface area contributed by atoms with E-state index in [1.807, 2.05) is 0 Å². The van der Waals surface area contributed by atoms with Crippen LogP contribution in [0.2, 0.25) is 0 Å². The van der Waals surface area contributed by atoms with E-state index in [2.05, 4.69) is 0 Å². The largest absolute Gasteiger partial charge is 0.461 e. The summed E-state index contributed by atoms with van der Waals surface area (Å²) >= 11 is 0. The average molecular weight is 1210 g/mol. The van der Waals surface area contributed by atoms with Crippen molar-refractivity contribution in [1.82, 2.24) is 29.4 Å². The molecule has 0 saturated heterocycles. The number of ether oxygens (including phenoxy) is 4. The van der Waals surface area contributed by atoms with Crippen LogP contribution in [0.5, 0.6) is 0 Å². The highest BCUT2D eigenvalue weighted by atomic mass is 16.6. The van der Waals surface area contributed by atoms with Crippen LogP contribution in [0.3, 0.4) is 0 Å². The first-order valence-corrected chi connectivity index (χ1v) is 28.9. The molecule has 84 heavy (non-hydrogen) atoms. The van der Waals surface area contributed by atoms with E-state index in [9.17, 15) is 88.8 Å². The first-order chi connectivity index (χ1) is 39.0. The summed E-state index contributed by atoms with van der Waals surface area (Å²) in [7, 11) is 0. The number of aliphatic hydroxyl groups is 8. The van der Waals surface area contributed by atoms with Gasteiger partial charge in [-0.15, -0.1) is 0 Å². The maximum atomic E-state index is 14.2. The number of aliphatic hydroxyl groups excluding tert-OH is 8. The van der Waals surface area contributed by atoms with Crippen LogP contribution in [0.4, 0.5) is 0 Å². The molecule has 0 bridgehead atoms. The normalized spacial score (nSPS) is 15.6. The van der Waals surface area contributed by atoms with Crippen LogP contribution in [0.25, 0.3) is 0 Å². The molecule has 0 aliphatic rings. The van der Waals surface area contributed by atoms with Crippen LogP contribution in [0, 0.1) is 0 Å². The zero-order valence-corrected chi connectivity index (χ0v) is 51.5. The number of hydrogen-bond acceptors (Lipinski definition) is 22. The van der Waals surface area contributed by atoms with Gasteiger partial charge in [0.25, 0.3) is 0 Å². The van der Waals surface area contributed by atoms with E-state index in [0.29, 0.717) is 0 Å². The lowest BCUT2D eigenvalue weighted by Crippen LogP contribution is -2.45. The molecule has 0 aromatic rings. The molecule has 0 aliphatic heterocycles. The summed E-state index contributed by atoms with van der Waals surface area (Å²) in [6.45, 7) is 15.4. The van der Waals surface area contributed by atoms with E-state index in [1.54, 1.807) is 0 Å². The molecule has 8 N–H and O–H groups in total. The Bertz CT molecular complexity index is 1730. The predicted molar refractivity (Wildman–Crippen MR) is 301 cm³/mol. The van der Waals surface area contributed by atoms with E-state index in [-0.39, 0.29) is 104 Å². The Morgan fingerprint density at radius 3 is 0.476 bits per heavy atom. The molecular weight excluding hydrogens is 1110 g/mol. The Balaban J connectivity index is 6.65. The number of amides is 6. The molecule has 0 heterocycles. The zero-order chi connectivity index (χ0) is 64.6. The quantitative estimate of drug-likeness (QED) is 0.0258. The van der Waals surface area contributed by atoms with Crippen molar-refractivity contribution in [2.45, 2.75) is 221 Å². The Kier molecular flexibility index (Phi) is 38.7. The standard InChI is InChI=1S/C56H100N6O22/c1-35(63)23-57(24-36(2)64)49(73)15-19-53(77)81-43(9)31-61(32-44(10)82-54(78)20-16-50(74)58(25-37(3)65)26-38(4)66)47(71)13-14-48(72)62(33-45(11)83-55(79)21-17-51(75)59(27-39(5)67)28-40(6)68)34-46(12)84-56(80)22-18-52(76)60(29-41(7)69)30-42(8)70/h35-46,63-70H,13-34H2,1-12H3/t35?,36?,37?,38?,39?,40?,41?,42?,43-,44?,45?,46?/m1/s1. The SMILES string of the molecule is CC(O)CN(CC(C)O)C(=O)CCC(=O)OC(C)CN(CC(C)OC(=O)CCC(=O)N(CC(C)O)CC(C)O)C(=O)CCC(=O)N(CC(C)OC(=O)CCC(=O)N(CC(C)O)CC(C)O)C[C@@H](C)OC(=O)CCC(=O)N(CC(C)O)CC(C)O. The minimum absolute atomic E-state index is 0.0986. The van der Waals surface area contributed by atoms with Crippen LogP contribution < -0.4 is 0 Å². The molecule has 28 nitrogen and oxygen atoms in total. The molecule has 12 atom stereocenters. The second-order valence-electron chi connectivity index (χ2n) is 22.3. The van der Waals surface area contributed by atoms with Gasteiger partial charge >= 0.3 is 23.9 Å². The van der Waals surface area contributed by atoms with Gasteiger partial charge in [-0.05, 0) is 83.1 Å². The fourth-order valence-electron chi connectivity index (χ4n) is 8.74. The monoisotopic (exact) mass is 1210 g/mol. The molecule has 11 unspecified atom stereocenters. The Labute approximate surface area is 494 Å². The number of carbonyl (C=O) groups is 10. The van der Waals surface area contributed by atoms with Crippen molar-refractivity contribution in [2.75, 3.05) is 78.5 Å². The van der Waals surface area contributed by atoms with Crippen molar-refractivity contribution < 1.29 is 108 Å². The fraction of sp³-hybridized carbons (Fsp3) is 0.821. The van der Waals surface area contributed by atoms with Crippen molar-refractivity contribution in [3.05, 3.63) is 0 Å². The van der Waals surface area contributed by atoms with Gasteiger partial charge in [-0.1, -0.05) is 0 Å². The molecule has 0 fully saturated rings. The third kappa shape index (κ3) is 37.6. The van der Waals surface area contributed by atoms with Gasteiger partial charge in [-0.2, -0.15) is 0 Å². The second-order valence-corrected chi connectivity index (χ2v) is 22.3. The highest BCUT2D eigenvalue weighted by Crippen LogP contribution is 2.15. The topological polar surface area (TPSA) is 389 Å². The van der Waals surface area contributed by atoms with Gasteiger partial charge in [-0.3, -0.25) is 47.9 Å². The first-order valence-electron chi connectivity index (χ1n) is 28.9. The van der Waals surface area contributed by atoms with Crippen molar-refractivity contribution in [2.24, 2.45) is 0 Å². The van der Waals surface area contributed by atoms with Gasteiger partial charge in [0.15, 0.2) is 0 Å². The minimum atomic E-state index is -1.06. The Morgan fingerprint density at radius 1 is 0.226 bits per heavy atom. The molecule has 0 radical (unpaired) electrons. The second kappa shape index (κ2) is 41.4. The summed E-state index contributed by atoms with van der Waals surface area (Å²) in [5.41, 5.74) is 0. The van der Waals surface area contributed by atoms with E-state index < -0.39 is 171 Å². The van der Waals surface area contributed by atoms with Crippen molar-refractivity contribution in [1.29, 1.82) is 0 Å². The molecule has 0 aromatic carbocycles. The summed E-state index contributed by atoms with van der Waals surface area (Å²) in [4.78, 5) is 140. The molecule has 28 heteroatoms. The Morgan fingerprint density at radius 2 is 0.345 bits per heavy atom. The van der Waals surface area contributed by atoms with E-state index in [4.69, 9.17) is 18.9 Å². The van der Waals surface area contributed by atoms with Gasteiger partial charge in [0, 0.05) is 90.9 Å². The number of carbonyl (C=O) groups excluding carboxylic acids is 10. The molecule has 486 valence electrons. The van der Waals surface area contributed by atoms with Gasteiger partial charge < -0.3 is 89.2 Å². The third-order valence-electron chi connectivity index (χ3n) is 12.0. The lowest BCUT2D eigenvalue weighted by atomic mass is 10.2. The highest BCUT2D eigenvalue weighted by Gasteiger charge is 2.29. The van der Waals surface area contributed by atoms with Crippen LogP contribution >= 0.6 is 0 Å². The van der Waals surface area contributed by atoms with Gasteiger partial charge in [0.1, 0.15) is 24.4 Å². The first kappa shape index (κ1) is 78.4. The lowest BCUT2D eigenvalue weighted by Gasteiger charge is -2.30. The van der Waals surface area contributed by atoms with Crippen molar-refractivity contribution >= 4 is 59.3 Å². The highest BCUT2D eigenvalue weighted by molar-refractivity contribution is 5.85. The molecule has 0 aliphatic carbocycles. The smallest absolute Gasteiger partial charge is 0.306 e. The number of nitrogens with zero attached hydrogens (tertiary/aromatic N) is 6. The predicted octanol–water partition coefficient (Wildman–Crippen LogP) is -1.37. The maximum absolute atomic E-state index is 14.2. The fourth-order valence-corrected chi connectivity index (χ4v) is 8.74.